The van der Waals surface area contributed by atoms with Gasteiger partial charge in [-0.25, -0.2) is 9.37 Å². The summed E-state index contributed by atoms with van der Waals surface area (Å²) in [7, 11) is 0. The smallest absolute Gasteiger partial charge is 0.137 e. The van der Waals surface area contributed by atoms with Gasteiger partial charge in [-0.05, 0) is 32.5 Å². The first kappa shape index (κ1) is 14.0. The minimum Gasteiger partial charge on any atom is -0.508 e. The third-order valence-electron chi connectivity index (χ3n) is 2.92. The second kappa shape index (κ2) is 5.67. The van der Waals surface area contributed by atoms with Crippen LogP contribution < -0.4 is 5.32 Å². The summed E-state index contributed by atoms with van der Waals surface area (Å²) in [4.78, 5) is 5.55. The zero-order valence-corrected chi connectivity index (χ0v) is 12.0. The fourth-order valence-electron chi connectivity index (χ4n) is 2.00. The molecule has 0 aliphatic rings. The maximum atomic E-state index is 13.8. The Morgan fingerprint density at radius 3 is 2.84 bits per heavy atom. The van der Waals surface area contributed by atoms with Crippen molar-refractivity contribution in [2.24, 2.45) is 0 Å². The first-order valence-electron chi connectivity index (χ1n) is 6.22. The number of aromatic hydroxyl groups is 1. The summed E-state index contributed by atoms with van der Waals surface area (Å²) in [5.41, 5.74) is 1.35. The number of hydrogen-bond donors (Lipinski definition) is 2. The van der Waals surface area contributed by atoms with E-state index >= 15 is 0 Å². The molecule has 0 saturated carbocycles. The van der Waals surface area contributed by atoms with Gasteiger partial charge in [-0.3, -0.25) is 0 Å². The molecule has 2 aromatic rings. The molecule has 0 bridgehead atoms. The largest absolute Gasteiger partial charge is 0.508 e. The van der Waals surface area contributed by atoms with Crippen molar-refractivity contribution in [2.45, 2.75) is 26.8 Å². The SMILES string of the molecule is CCNC(C)c1sc(-c2ccc(O)cc2F)nc1C. The van der Waals surface area contributed by atoms with Gasteiger partial charge in [0.1, 0.15) is 16.6 Å². The average Bonchev–Trinajstić information content (AvgIpc) is 2.71. The lowest BCUT2D eigenvalue weighted by molar-refractivity contribution is 0.469. The lowest BCUT2D eigenvalue weighted by Crippen LogP contribution is -2.17. The molecule has 2 rings (SSSR count). The zero-order chi connectivity index (χ0) is 14.0. The molecule has 1 unspecified atom stereocenters. The highest BCUT2D eigenvalue weighted by Crippen LogP contribution is 2.33. The van der Waals surface area contributed by atoms with Crippen LogP contribution in [0.4, 0.5) is 4.39 Å². The number of halogens is 1. The quantitative estimate of drug-likeness (QED) is 0.899. The van der Waals surface area contributed by atoms with Crippen molar-refractivity contribution in [3.63, 3.8) is 0 Å². The first-order valence-corrected chi connectivity index (χ1v) is 7.04. The number of aromatic nitrogens is 1. The molecule has 0 fully saturated rings. The summed E-state index contributed by atoms with van der Waals surface area (Å²) >= 11 is 1.49. The Bertz CT molecular complexity index is 583. The van der Waals surface area contributed by atoms with Crippen molar-refractivity contribution in [1.29, 1.82) is 0 Å². The zero-order valence-electron chi connectivity index (χ0n) is 11.2. The monoisotopic (exact) mass is 280 g/mol. The Morgan fingerprint density at radius 2 is 2.21 bits per heavy atom. The summed E-state index contributed by atoms with van der Waals surface area (Å²) in [6, 6.07) is 4.35. The molecule has 19 heavy (non-hydrogen) atoms. The van der Waals surface area contributed by atoms with Gasteiger partial charge >= 0.3 is 0 Å². The van der Waals surface area contributed by atoms with Crippen LogP contribution in [0.3, 0.4) is 0 Å². The molecular weight excluding hydrogens is 263 g/mol. The van der Waals surface area contributed by atoms with E-state index in [2.05, 4.69) is 17.2 Å². The van der Waals surface area contributed by atoms with Gasteiger partial charge in [0.15, 0.2) is 0 Å². The molecule has 0 aliphatic carbocycles. The topological polar surface area (TPSA) is 45.1 Å². The highest BCUT2D eigenvalue weighted by molar-refractivity contribution is 7.15. The molecular formula is C14H17FN2OS. The lowest BCUT2D eigenvalue weighted by atomic mass is 10.2. The van der Waals surface area contributed by atoms with Crippen LogP contribution in [0.5, 0.6) is 5.75 Å². The summed E-state index contributed by atoms with van der Waals surface area (Å²) in [6.07, 6.45) is 0. The lowest BCUT2D eigenvalue weighted by Gasteiger charge is -2.09. The average molecular weight is 280 g/mol. The van der Waals surface area contributed by atoms with Crippen molar-refractivity contribution in [1.82, 2.24) is 10.3 Å². The molecule has 0 aliphatic heterocycles. The van der Waals surface area contributed by atoms with E-state index in [9.17, 15) is 9.50 Å². The van der Waals surface area contributed by atoms with Gasteiger partial charge < -0.3 is 10.4 Å². The number of thiazole rings is 1. The van der Waals surface area contributed by atoms with Gasteiger partial charge in [-0.1, -0.05) is 6.92 Å². The molecule has 0 spiro atoms. The van der Waals surface area contributed by atoms with E-state index in [1.54, 1.807) is 6.07 Å². The standard InChI is InChI=1S/C14H17FN2OS/c1-4-16-8(2)13-9(3)17-14(19-13)11-6-5-10(18)7-12(11)15/h5-8,16,18H,4H2,1-3H3. The fraction of sp³-hybridized carbons (Fsp3) is 0.357. The van der Waals surface area contributed by atoms with E-state index in [0.29, 0.717) is 10.6 Å². The maximum Gasteiger partial charge on any atom is 0.137 e. The second-order valence-electron chi connectivity index (χ2n) is 4.41. The first-order chi connectivity index (χ1) is 9.02. The van der Waals surface area contributed by atoms with Crippen LogP contribution in [0.2, 0.25) is 0 Å². The third kappa shape index (κ3) is 2.93. The Balaban J connectivity index is 2.39. The van der Waals surface area contributed by atoms with Gasteiger partial charge in [0.25, 0.3) is 0 Å². The number of rotatable bonds is 4. The van der Waals surface area contributed by atoms with Gasteiger partial charge in [-0.2, -0.15) is 0 Å². The second-order valence-corrected chi connectivity index (χ2v) is 5.44. The van der Waals surface area contributed by atoms with Crippen LogP contribution in [0.1, 0.15) is 30.5 Å². The van der Waals surface area contributed by atoms with Gasteiger partial charge in [0.05, 0.1) is 5.69 Å². The Labute approximate surface area is 116 Å². The minimum atomic E-state index is -0.448. The van der Waals surface area contributed by atoms with Crippen molar-refractivity contribution >= 4 is 11.3 Å². The molecule has 0 saturated heterocycles. The molecule has 102 valence electrons. The van der Waals surface area contributed by atoms with Crippen LogP contribution in [0.25, 0.3) is 10.6 Å². The summed E-state index contributed by atoms with van der Waals surface area (Å²) in [5, 5.41) is 13.2. The van der Waals surface area contributed by atoms with E-state index in [1.807, 2.05) is 13.8 Å². The number of aryl methyl sites for hydroxylation is 1. The summed E-state index contributed by atoms with van der Waals surface area (Å²) in [5.74, 6) is -0.521. The number of phenolic OH excluding ortho intramolecular Hbond substituents is 1. The molecule has 0 amide bonds. The molecule has 2 N–H and O–H groups in total. The van der Waals surface area contributed by atoms with Crippen molar-refractivity contribution < 1.29 is 9.50 Å². The number of phenols is 1. The van der Waals surface area contributed by atoms with E-state index < -0.39 is 5.82 Å². The molecule has 5 heteroatoms. The Morgan fingerprint density at radius 1 is 1.47 bits per heavy atom. The summed E-state index contributed by atoms with van der Waals surface area (Å²) < 4.78 is 13.8. The van der Waals surface area contributed by atoms with Crippen LogP contribution in [-0.4, -0.2) is 16.6 Å². The van der Waals surface area contributed by atoms with E-state index in [-0.39, 0.29) is 11.8 Å². The molecule has 3 nitrogen and oxygen atoms in total. The van der Waals surface area contributed by atoms with E-state index in [4.69, 9.17) is 0 Å². The maximum absolute atomic E-state index is 13.8. The van der Waals surface area contributed by atoms with E-state index in [1.165, 1.54) is 17.4 Å². The number of hydrogen-bond acceptors (Lipinski definition) is 4. The number of nitrogens with one attached hydrogen (secondary N) is 1. The molecule has 1 heterocycles. The predicted molar refractivity (Wildman–Crippen MR) is 76.0 cm³/mol. The minimum absolute atomic E-state index is 0.0734. The molecule has 1 aromatic heterocycles. The van der Waals surface area contributed by atoms with Crippen LogP contribution in [-0.2, 0) is 0 Å². The van der Waals surface area contributed by atoms with Crippen molar-refractivity contribution in [3.05, 3.63) is 34.6 Å². The van der Waals surface area contributed by atoms with Crippen LogP contribution >= 0.6 is 11.3 Å². The normalized spacial score (nSPS) is 12.6. The molecule has 1 aromatic carbocycles. The Kier molecular flexibility index (Phi) is 4.17. The van der Waals surface area contributed by atoms with E-state index in [0.717, 1.165) is 23.2 Å². The highest BCUT2D eigenvalue weighted by atomic mass is 32.1. The molecule has 1 atom stereocenters. The van der Waals surface area contributed by atoms with Gasteiger partial charge in [-0.15, -0.1) is 11.3 Å². The summed E-state index contributed by atoms with van der Waals surface area (Å²) in [6.45, 7) is 6.93. The predicted octanol–water partition coefficient (Wildman–Crippen LogP) is 3.63. The fourth-order valence-corrected chi connectivity index (χ4v) is 3.12. The van der Waals surface area contributed by atoms with Gasteiger partial charge in [0, 0.05) is 22.5 Å². The van der Waals surface area contributed by atoms with Crippen LogP contribution in [0, 0.1) is 12.7 Å². The van der Waals surface area contributed by atoms with Crippen molar-refractivity contribution in [2.75, 3.05) is 6.54 Å². The van der Waals surface area contributed by atoms with Crippen molar-refractivity contribution in [3.8, 4) is 16.3 Å². The number of nitrogens with zero attached hydrogens (tertiary/aromatic N) is 1. The molecule has 0 radical (unpaired) electrons. The third-order valence-corrected chi connectivity index (χ3v) is 4.29. The highest BCUT2D eigenvalue weighted by Gasteiger charge is 2.16. The number of benzene rings is 1. The van der Waals surface area contributed by atoms with Crippen LogP contribution in [0.15, 0.2) is 18.2 Å². The Hall–Kier alpha value is -1.46. The van der Waals surface area contributed by atoms with Gasteiger partial charge in [0.2, 0.25) is 0 Å².